The zero-order valence-electron chi connectivity index (χ0n) is 15.5. The molecule has 0 bridgehead atoms. The minimum atomic E-state index is -0.0343. The SMILES string of the molecule is CC(=O)c1cccc(NC(=O)CCN2CCN(c3cccc(Cl)c3)CC2)c1. The molecule has 27 heavy (non-hydrogen) atoms. The summed E-state index contributed by atoms with van der Waals surface area (Å²) in [6, 6.07) is 14.9. The fourth-order valence-corrected chi connectivity index (χ4v) is 3.39. The van der Waals surface area contributed by atoms with Gasteiger partial charge in [0.25, 0.3) is 0 Å². The lowest BCUT2D eigenvalue weighted by Gasteiger charge is -2.36. The molecule has 0 spiro atoms. The number of anilines is 2. The molecule has 0 saturated carbocycles. The molecule has 0 unspecified atom stereocenters. The van der Waals surface area contributed by atoms with E-state index in [1.165, 1.54) is 6.92 Å². The summed E-state index contributed by atoms with van der Waals surface area (Å²) in [5, 5.41) is 3.63. The number of amides is 1. The lowest BCUT2D eigenvalue weighted by atomic mass is 10.1. The summed E-state index contributed by atoms with van der Waals surface area (Å²) >= 11 is 6.07. The van der Waals surface area contributed by atoms with Crippen molar-refractivity contribution in [2.45, 2.75) is 13.3 Å². The third kappa shape index (κ3) is 5.55. The fourth-order valence-electron chi connectivity index (χ4n) is 3.20. The van der Waals surface area contributed by atoms with Crippen molar-refractivity contribution in [3.8, 4) is 0 Å². The van der Waals surface area contributed by atoms with Crippen molar-refractivity contribution in [3.63, 3.8) is 0 Å². The van der Waals surface area contributed by atoms with Crippen molar-refractivity contribution < 1.29 is 9.59 Å². The summed E-state index contributed by atoms with van der Waals surface area (Å²) in [6.07, 6.45) is 0.432. The van der Waals surface area contributed by atoms with E-state index >= 15 is 0 Å². The van der Waals surface area contributed by atoms with Crippen molar-refractivity contribution >= 4 is 34.7 Å². The van der Waals surface area contributed by atoms with Crippen LogP contribution in [-0.4, -0.2) is 49.3 Å². The van der Waals surface area contributed by atoms with Gasteiger partial charge in [-0.2, -0.15) is 0 Å². The van der Waals surface area contributed by atoms with E-state index in [0.717, 1.165) is 43.4 Å². The van der Waals surface area contributed by atoms with E-state index in [1.807, 2.05) is 18.2 Å². The van der Waals surface area contributed by atoms with Crippen LogP contribution in [0, 0.1) is 0 Å². The Kier molecular flexibility index (Phi) is 6.48. The van der Waals surface area contributed by atoms with Crippen LogP contribution in [-0.2, 0) is 4.79 Å². The highest BCUT2D eigenvalue weighted by Crippen LogP contribution is 2.20. The van der Waals surface area contributed by atoms with Crippen molar-refractivity contribution in [2.24, 2.45) is 0 Å². The molecule has 142 valence electrons. The Morgan fingerprint density at radius 1 is 1.04 bits per heavy atom. The highest BCUT2D eigenvalue weighted by molar-refractivity contribution is 6.30. The van der Waals surface area contributed by atoms with Crippen molar-refractivity contribution in [1.82, 2.24) is 4.90 Å². The molecule has 0 radical (unpaired) electrons. The second kappa shape index (κ2) is 9.02. The van der Waals surface area contributed by atoms with Gasteiger partial charge in [0.2, 0.25) is 5.91 Å². The van der Waals surface area contributed by atoms with Gasteiger partial charge >= 0.3 is 0 Å². The Morgan fingerprint density at radius 3 is 2.48 bits per heavy atom. The number of ketones is 1. The maximum Gasteiger partial charge on any atom is 0.225 e. The van der Waals surface area contributed by atoms with E-state index in [9.17, 15) is 9.59 Å². The number of halogens is 1. The van der Waals surface area contributed by atoms with Gasteiger partial charge in [-0.15, -0.1) is 0 Å². The number of Topliss-reactive ketones (excluding diaryl/α,β-unsaturated/α-hetero) is 1. The maximum atomic E-state index is 12.2. The molecule has 1 N–H and O–H groups in total. The number of rotatable bonds is 6. The number of hydrogen-bond acceptors (Lipinski definition) is 4. The first kappa shape index (κ1) is 19.4. The average molecular weight is 386 g/mol. The van der Waals surface area contributed by atoms with Gasteiger partial charge in [-0.25, -0.2) is 0 Å². The number of carbonyl (C=O) groups excluding carboxylic acids is 2. The standard InChI is InChI=1S/C21H24ClN3O2/c1-16(26)17-4-2-6-19(14-17)23-21(27)8-9-24-10-12-25(13-11-24)20-7-3-5-18(22)15-20/h2-7,14-15H,8-13H2,1H3,(H,23,27). The second-order valence-corrected chi connectivity index (χ2v) is 7.18. The van der Waals surface area contributed by atoms with E-state index in [2.05, 4.69) is 21.2 Å². The summed E-state index contributed by atoms with van der Waals surface area (Å²) in [6.45, 7) is 5.91. The Bertz CT molecular complexity index is 817. The topological polar surface area (TPSA) is 52.7 Å². The van der Waals surface area contributed by atoms with E-state index in [-0.39, 0.29) is 11.7 Å². The van der Waals surface area contributed by atoms with Gasteiger partial charge in [-0.3, -0.25) is 14.5 Å². The number of nitrogens with zero attached hydrogens (tertiary/aromatic N) is 2. The van der Waals surface area contributed by atoms with E-state index in [0.29, 0.717) is 17.7 Å². The average Bonchev–Trinajstić information content (AvgIpc) is 2.67. The van der Waals surface area contributed by atoms with Crippen molar-refractivity contribution in [1.29, 1.82) is 0 Å². The Balaban J connectivity index is 1.44. The first-order chi connectivity index (χ1) is 13.0. The molecule has 1 aliphatic rings. The summed E-state index contributed by atoms with van der Waals surface area (Å²) in [7, 11) is 0. The van der Waals surface area contributed by atoms with E-state index in [4.69, 9.17) is 11.6 Å². The van der Waals surface area contributed by atoms with Crippen LogP contribution in [0.1, 0.15) is 23.7 Å². The van der Waals surface area contributed by atoms with Gasteiger partial charge in [0.05, 0.1) is 0 Å². The van der Waals surface area contributed by atoms with Gasteiger partial charge in [-0.05, 0) is 37.3 Å². The predicted octanol–water partition coefficient (Wildman–Crippen LogP) is 3.69. The molecule has 2 aromatic carbocycles. The van der Waals surface area contributed by atoms with Crippen LogP contribution in [0.2, 0.25) is 5.02 Å². The molecular formula is C21H24ClN3O2. The Labute approximate surface area is 164 Å². The number of nitrogens with one attached hydrogen (secondary N) is 1. The molecule has 1 heterocycles. The van der Waals surface area contributed by atoms with Crippen molar-refractivity contribution in [3.05, 3.63) is 59.1 Å². The monoisotopic (exact) mass is 385 g/mol. The molecule has 0 aliphatic carbocycles. The van der Waals surface area contributed by atoms with Gasteiger partial charge in [0, 0.05) is 61.1 Å². The Hall–Kier alpha value is -2.37. The van der Waals surface area contributed by atoms with Gasteiger partial charge in [0.1, 0.15) is 0 Å². The number of carbonyl (C=O) groups is 2. The molecule has 1 fully saturated rings. The molecular weight excluding hydrogens is 362 g/mol. The second-order valence-electron chi connectivity index (χ2n) is 6.74. The minimum Gasteiger partial charge on any atom is -0.369 e. The third-order valence-corrected chi connectivity index (χ3v) is 4.99. The summed E-state index contributed by atoms with van der Waals surface area (Å²) in [4.78, 5) is 28.3. The van der Waals surface area contributed by atoms with Crippen LogP contribution in [0.15, 0.2) is 48.5 Å². The minimum absolute atomic E-state index is 0.0105. The summed E-state index contributed by atoms with van der Waals surface area (Å²) in [5.41, 5.74) is 2.41. The molecule has 1 saturated heterocycles. The molecule has 2 aromatic rings. The van der Waals surface area contributed by atoms with Crippen LogP contribution < -0.4 is 10.2 Å². The molecule has 6 heteroatoms. The van der Waals surface area contributed by atoms with Crippen molar-refractivity contribution in [2.75, 3.05) is 42.9 Å². The summed E-state index contributed by atoms with van der Waals surface area (Å²) in [5.74, 6) is -0.0448. The molecule has 0 atom stereocenters. The van der Waals surface area contributed by atoms with Crippen LogP contribution in [0.5, 0.6) is 0 Å². The zero-order valence-corrected chi connectivity index (χ0v) is 16.2. The number of benzene rings is 2. The van der Waals surface area contributed by atoms with Crippen LogP contribution in [0.3, 0.4) is 0 Å². The quantitative estimate of drug-likeness (QED) is 0.770. The molecule has 5 nitrogen and oxygen atoms in total. The summed E-state index contributed by atoms with van der Waals surface area (Å²) < 4.78 is 0. The van der Waals surface area contributed by atoms with Crippen LogP contribution in [0.4, 0.5) is 11.4 Å². The number of piperazine rings is 1. The largest absolute Gasteiger partial charge is 0.369 e. The smallest absolute Gasteiger partial charge is 0.225 e. The fraction of sp³-hybridized carbons (Fsp3) is 0.333. The molecule has 1 aliphatic heterocycles. The van der Waals surface area contributed by atoms with Gasteiger partial charge < -0.3 is 10.2 Å². The predicted molar refractivity (Wildman–Crippen MR) is 110 cm³/mol. The van der Waals surface area contributed by atoms with E-state index in [1.54, 1.807) is 24.3 Å². The normalized spacial score (nSPS) is 14.8. The maximum absolute atomic E-state index is 12.2. The van der Waals surface area contributed by atoms with Crippen LogP contribution >= 0.6 is 11.6 Å². The highest BCUT2D eigenvalue weighted by atomic mass is 35.5. The van der Waals surface area contributed by atoms with Gasteiger partial charge in [0.15, 0.2) is 5.78 Å². The first-order valence-corrected chi connectivity index (χ1v) is 9.53. The zero-order chi connectivity index (χ0) is 19.2. The molecule has 1 amide bonds. The lowest BCUT2D eigenvalue weighted by Crippen LogP contribution is -2.47. The highest BCUT2D eigenvalue weighted by Gasteiger charge is 2.18. The van der Waals surface area contributed by atoms with Gasteiger partial charge in [-0.1, -0.05) is 29.8 Å². The first-order valence-electron chi connectivity index (χ1n) is 9.15. The molecule has 3 rings (SSSR count). The Morgan fingerprint density at radius 2 is 1.78 bits per heavy atom. The lowest BCUT2D eigenvalue weighted by molar-refractivity contribution is -0.116. The number of hydrogen-bond donors (Lipinski definition) is 1. The van der Waals surface area contributed by atoms with Crippen LogP contribution in [0.25, 0.3) is 0 Å². The third-order valence-electron chi connectivity index (χ3n) is 4.75. The molecule has 0 aromatic heterocycles. The van der Waals surface area contributed by atoms with E-state index < -0.39 is 0 Å².